The number of methoxy groups -OCH3 is 1. The Labute approximate surface area is 197 Å². The fourth-order valence-corrected chi connectivity index (χ4v) is 5.43. The number of carbonyl (C=O) groups is 1. The van der Waals surface area contributed by atoms with Crippen LogP contribution in [0.5, 0.6) is 5.75 Å². The molecule has 1 aromatic heterocycles. The van der Waals surface area contributed by atoms with Crippen LogP contribution >= 0.6 is 11.3 Å². The van der Waals surface area contributed by atoms with E-state index in [1.807, 2.05) is 13.0 Å². The molecule has 0 radical (unpaired) electrons. The number of nitrogens with zero attached hydrogens (tertiary/aromatic N) is 2. The minimum atomic E-state index is -3.92. The molecular formula is C23H26N4O4S2. The van der Waals surface area contributed by atoms with Gasteiger partial charge in [0.2, 0.25) is 5.78 Å². The first-order valence-corrected chi connectivity index (χ1v) is 12.4. The summed E-state index contributed by atoms with van der Waals surface area (Å²) in [6.45, 7) is 5.26. The molecule has 0 spiro atoms. The summed E-state index contributed by atoms with van der Waals surface area (Å²) in [5.41, 5.74) is 9.42. The Morgan fingerprint density at radius 1 is 1.27 bits per heavy atom. The van der Waals surface area contributed by atoms with Gasteiger partial charge in [0, 0.05) is 17.3 Å². The van der Waals surface area contributed by atoms with Crippen LogP contribution in [0.4, 0.5) is 5.69 Å². The molecule has 0 saturated heterocycles. The van der Waals surface area contributed by atoms with Crippen LogP contribution in [0.2, 0.25) is 0 Å². The van der Waals surface area contributed by atoms with Crippen LogP contribution < -0.4 is 15.8 Å². The van der Waals surface area contributed by atoms with Gasteiger partial charge in [-0.3, -0.25) is 4.79 Å². The fourth-order valence-electron chi connectivity index (χ4n) is 3.49. The number of rotatable bonds is 9. The van der Waals surface area contributed by atoms with Crippen molar-refractivity contribution < 1.29 is 17.9 Å². The van der Waals surface area contributed by atoms with Crippen LogP contribution in [0.1, 0.15) is 32.1 Å². The summed E-state index contributed by atoms with van der Waals surface area (Å²) in [4.78, 5) is 16.5. The molecule has 1 atom stereocenters. The summed E-state index contributed by atoms with van der Waals surface area (Å²) < 4.78 is 34.9. The van der Waals surface area contributed by atoms with Crippen molar-refractivity contribution in [1.29, 1.82) is 0 Å². The number of benzene rings is 2. The van der Waals surface area contributed by atoms with Crippen molar-refractivity contribution in [2.75, 3.05) is 12.4 Å². The highest BCUT2D eigenvalue weighted by Crippen LogP contribution is 2.31. The van der Waals surface area contributed by atoms with E-state index in [9.17, 15) is 13.2 Å². The average molecular weight is 487 g/mol. The zero-order valence-corrected chi connectivity index (χ0v) is 20.5. The number of Topliss-reactive ketones (excluding diaryl/α,β-unsaturated/α-hetero) is 1. The lowest BCUT2D eigenvalue weighted by molar-refractivity contribution is 0.0960. The SMILES string of the molecule is COc1cc(C)c(S(=O)(=O)N=CNc2cccc(C[C@H](N)C(=O)c3nccs3)c2)c(C)c1C. The number of thiazole rings is 1. The summed E-state index contributed by atoms with van der Waals surface area (Å²) in [5, 5.41) is 5.00. The Hall–Kier alpha value is -3.08. The van der Waals surface area contributed by atoms with E-state index in [1.54, 1.807) is 56.8 Å². The van der Waals surface area contributed by atoms with Gasteiger partial charge in [0.15, 0.2) is 5.01 Å². The first kappa shape index (κ1) is 24.6. The summed E-state index contributed by atoms with van der Waals surface area (Å²) in [6.07, 6.45) is 3.04. The lowest BCUT2D eigenvalue weighted by Crippen LogP contribution is -2.32. The van der Waals surface area contributed by atoms with Crippen molar-refractivity contribution in [3.63, 3.8) is 0 Å². The molecule has 3 N–H and O–H groups in total. The number of hydrogen-bond donors (Lipinski definition) is 2. The molecule has 0 fully saturated rings. The van der Waals surface area contributed by atoms with Gasteiger partial charge < -0.3 is 15.8 Å². The molecule has 10 heteroatoms. The van der Waals surface area contributed by atoms with Crippen molar-refractivity contribution in [1.82, 2.24) is 4.98 Å². The molecule has 0 bridgehead atoms. The zero-order chi connectivity index (χ0) is 24.2. The highest BCUT2D eigenvalue weighted by atomic mass is 32.2. The van der Waals surface area contributed by atoms with Crippen LogP contribution in [0.3, 0.4) is 0 Å². The van der Waals surface area contributed by atoms with E-state index in [4.69, 9.17) is 10.5 Å². The lowest BCUT2D eigenvalue weighted by atomic mass is 10.0. The van der Waals surface area contributed by atoms with E-state index in [2.05, 4.69) is 14.7 Å². The Balaban J connectivity index is 1.73. The smallest absolute Gasteiger partial charge is 0.284 e. The van der Waals surface area contributed by atoms with Crippen LogP contribution in [0.25, 0.3) is 0 Å². The molecule has 1 heterocycles. The number of ether oxygens (including phenoxy) is 1. The van der Waals surface area contributed by atoms with Crippen molar-refractivity contribution in [3.05, 3.63) is 69.2 Å². The van der Waals surface area contributed by atoms with Gasteiger partial charge in [-0.1, -0.05) is 12.1 Å². The second kappa shape index (κ2) is 10.2. The van der Waals surface area contributed by atoms with Gasteiger partial charge in [0.1, 0.15) is 12.1 Å². The standard InChI is InChI=1S/C23H26N4O4S2/c1-14-10-20(31-4)15(2)16(3)22(14)33(29,30)27-13-26-18-7-5-6-17(11-18)12-19(24)21(28)23-25-8-9-32-23/h5-11,13,19H,12,24H2,1-4H3,(H,26,27)/t19-/m0/s1. The molecule has 3 aromatic rings. The third-order valence-corrected chi connectivity index (χ3v) is 7.56. The molecule has 0 amide bonds. The van der Waals surface area contributed by atoms with Crippen LogP contribution in [-0.4, -0.2) is 38.7 Å². The molecule has 8 nitrogen and oxygen atoms in total. The summed E-state index contributed by atoms with van der Waals surface area (Å²) >= 11 is 1.26. The van der Waals surface area contributed by atoms with Crippen molar-refractivity contribution in [2.45, 2.75) is 38.1 Å². The number of carbonyl (C=O) groups excluding carboxylic acids is 1. The topological polar surface area (TPSA) is 124 Å². The molecule has 0 unspecified atom stereocenters. The van der Waals surface area contributed by atoms with Gasteiger partial charge in [-0.05, 0) is 67.6 Å². The number of aryl methyl sites for hydroxylation is 1. The van der Waals surface area contributed by atoms with Crippen LogP contribution in [-0.2, 0) is 16.4 Å². The van der Waals surface area contributed by atoms with E-state index in [-0.39, 0.29) is 10.7 Å². The Bertz CT molecular complexity index is 1290. The van der Waals surface area contributed by atoms with Gasteiger partial charge in [0.25, 0.3) is 10.0 Å². The second-order valence-electron chi connectivity index (χ2n) is 7.54. The zero-order valence-electron chi connectivity index (χ0n) is 18.8. The summed E-state index contributed by atoms with van der Waals surface area (Å²) in [7, 11) is -2.37. The van der Waals surface area contributed by atoms with Gasteiger partial charge in [0.05, 0.1) is 18.0 Å². The predicted octanol–water partition coefficient (Wildman–Crippen LogP) is 3.66. The third-order valence-electron chi connectivity index (χ3n) is 5.24. The monoisotopic (exact) mass is 486 g/mol. The van der Waals surface area contributed by atoms with Crippen LogP contribution in [0, 0.1) is 20.8 Å². The van der Waals surface area contributed by atoms with E-state index in [0.29, 0.717) is 34.0 Å². The molecule has 0 saturated carbocycles. The molecule has 2 aromatic carbocycles. The molecule has 0 aliphatic carbocycles. The minimum absolute atomic E-state index is 0.166. The largest absolute Gasteiger partial charge is 0.496 e. The highest BCUT2D eigenvalue weighted by molar-refractivity contribution is 7.90. The fraction of sp³-hybridized carbons (Fsp3) is 0.261. The van der Waals surface area contributed by atoms with Crippen LogP contribution in [0.15, 0.2) is 51.2 Å². The Kier molecular flexibility index (Phi) is 7.62. The summed E-state index contributed by atoms with van der Waals surface area (Å²) in [6, 6.07) is 8.18. The predicted molar refractivity (Wildman–Crippen MR) is 131 cm³/mol. The molecule has 0 aliphatic rings. The number of nitrogens with two attached hydrogens (primary N) is 1. The molecule has 0 aliphatic heterocycles. The molecule has 174 valence electrons. The quantitative estimate of drug-likeness (QED) is 0.269. The molecule has 33 heavy (non-hydrogen) atoms. The number of aromatic nitrogens is 1. The van der Waals surface area contributed by atoms with Gasteiger partial charge in [-0.2, -0.15) is 8.42 Å². The van der Waals surface area contributed by atoms with Crippen molar-refractivity contribution in [3.8, 4) is 5.75 Å². The van der Waals surface area contributed by atoms with E-state index in [1.165, 1.54) is 11.3 Å². The number of ketones is 1. The Morgan fingerprint density at radius 3 is 2.70 bits per heavy atom. The number of sulfonamides is 1. The van der Waals surface area contributed by atoms with Crippen molar-refractivity contribution >= 4 is 39.2 Å². The van der Waals surface area contributed by atoms with E-state index in [0.717, 1.165) is 17.5 Å². The number of hydrogen-bond acceptors (Lipinski definition) is 7. The third kappa shape index (κ3) is 5.65. The number of anilines is 1. The Morgan fingerprint density at radius 2 is 2.03 bits per heavy atom. The second-order valence-corrected chi connectivity index (χ2v) is 10.0. The van der Waals surface area contributed by atoms with Gasteiger partial charge in [-0.25, -0.2) is 4.98 Å². The number of nitrogens with one attached hydrogen (secondary N) is 1. The lowest BCUT2D eigenvalue weighted by Gasteiger charge is -2.14. The highest BCUT2D eigenvalue weighted by Gasteiger charge is 2.22. The van der Waals surface area contributed by atoms with E-state index >= 15 is 0 Å². The normalized spacial score (nSPS) is 12.6. The minimum Gasteiger partial charge on any atom is -0.496 e. The molecule has 3 rings (SSSR count). The van der Waals surface area contributed by atoms with Gasteiger partial charge >= 0.3 is 0 Å². The maximum absolute atomic E-state index is 12.9. The molecular weight excluding hydrogens is 460 g/mol. The average Bonchev–Trinajstić information content (AvgIpc) is 3.30. The maximum atomic E-state index is 12.9. The van der Waals surface area contributed by atoms with E-state index < -0.39 is 16.1 Å². The first-order valence-electron chi connectivity index (χ1n) is 10.1. The van der Waals surface area contributed by atoms with Crippen molar-refractivity contribution in [2.24, 2.45) is 10.1 Å². The maximum Gasteiger partial charge on any atom is 0.284 e. The summed E-state index contributed by atoms with van der Waals surface area (Å²) in [5.74, 6) is 0.422. The van der Waals surface area contributed by atoms with Gasteiger partial charge in [-0.15, -0.1) is 15.7 Å². The first-order chi connectivity index (χ1) is 15.6.